The van der Waals surface area contributed by atoms with E-state index in [4.69, 9.17) is 32.7 Å². The predicted octanol–water partition coefficient (Wildman–Crippen LogP) is 7.06. The second-order valence-electron chi connectivity index (χ2n) is 7.60. The van der Waals surface area contributed by atoms with Crippen LogP contribution in [0, 0.1) is 0 Å². The molecular weight excluding hydrogens is 575 g/mol. The molecule has 0 aliphatic rings. The first-order chi connectivity index (χ1) is 17.7. The van der Waals surface area contributed by atoms with Gasteiger partial charge in [-0.15, -0.1) is 34.0 Å². The Kier molecular flexibility index (Phi) is 11.0. The van der Waals surface area contributed by atoms with E-state index in [9.17, 15) is 9.59 Å². The number of carbonyl (C=O) groups excluding carboxylic acids is 2. The largest absolute Gasteiger partial charge is 0.488 e. The van der Waals surface area contributed by atoms with Gasteiger partial charge in [0.05, 0.1) is 43.1 Å². The van der Waals surface area contributed by atoms with Gasteiger partial charge in [-0.1, -0.05) is 37.0 Å². The van der Waals surface area contributed by atoms with Gasteiger partial charge in [0.1, 0.15) is 9.75 Å². The molecule has 0 spiro atoms. The molecule has 3 aromatic rings. The van der Waals surface area contributed by atoms with Crippen molar-refractivity contribution in [3.8, 4) is 11.5 Å². The van der Waals surface area contributed by atoms with Crippen molar-refractivity contribution in [3.05, 3.63) is 52.4 Å². The molecule has 8 nitrogen and oxygen atoms in total. The molecule has 3 rings (SSSR count). The van der Waals surface area contributed by atoms with E-state index in [2.05, 4.69) is 21.1 Å². The third-order valence-corrected chi connectivity index (χ3v) is 8.48. The van der Waals surface area contributed by atoms with Gasteiger partial charge in [-0.3, -0.25) is 9.59 Å². The highest BCUT2D eigenvalue weighted by Gasteiger charge is 2.29. The molecule has 0 saturated carbocycles. The van der Waals surface area contributed by atoms with E-state index in [-0.39, 0.29) is 21.3 Å². The van der Waals surface area contributed by atoms with Gasteiger partial charge in [-0.2, -0.15) is 10.2 Å². The summed E-state index contributed by atoms with van der Waals surface area (Å²) in [5.74, 6) is -0.626. The molecule has 2 N–H and O–H groups in total. The standard InChI is InChI=1S/C24H26Cl2N4O4S3/c1-5-11-33-19-20(34-12-6-2)22(24(32)30-28-14(4)16-8-10-18(26)36-16)37-21(19)23(31)29-27-13(3)15-7-9-17(25)35-15/h7-10H,5-6,11-12H2,1-4H3,(H,29,31)(H,30,32)/b27-13-,28-14-. The molecule has 0 aliphatic heterocycles. The molecule has 0 fully saturated rings. The first-order valence-corrected chi connectivity index (χ1v) is 14.6. The fraction of sp³-hybridized carbons (Fsp3) is 0.333. The fourth-order valence-corrected chi connectivity index (χ4v) is 5.81. The third-order valence-electron chi connectivity index (χ3n) is 4.65. The first kappa shape index (κ1) is 29.1. The highest BCUT2D eigenvalue weighted by Crippen LogP contribution is 2.43. The Bertz CT molecular complexity index is 1220. The molecular formula is C24H26Cl2N4O4S3. The van der Waals surface area contributed by atoms with Crippen LogP contribution in [-0.4, -0.2) is 36.5 Å². The number of hydrogen-bond acceptors (Lipinski definition) is 9. The number of hydrazone groups is 2. The van der Waals surface area contributed by atoms with Crippen LogP contribution in [0.15, 0.2) is 34.5 Å². The molecule has 0 aliphatic carbocycles. The van der Waals surface area contributed by atoms with E-state index >= 15 is 0 Å². The van der Waals surface area contributed by atoms with Crippen LogP contribution in [0.3, 0.4) is 0 Å². The van der Waals surface area contributed by atoms with E-state index in [0.29, 0.717) is 46.2 Å². The highest BCUT2D eigenvalue weighted by molar-refractivity contribution is 7.18. The van der Waals surface area contributed by atoms with Crippen LogP contribution < -0.4 is 20.3 Å². The molecule has 0 bridgehead atoms. The number of hydrogen-bond donors (Lipinski definition) is 2. The molecule has 198 valence electrons. The molecule has 0 saturated heterocycles. The first-order valence-electron chi connectivity index (χ1n) is 11.4. The van der Waals surface area contributed by atoms with Crippen LogP contribution >= 0.6 is 57.2 Å². The summed E-state index contributed by atoms with van der Waals surface area (Å²) in [5, 5.41) is 8.39. The van der Waals surface area contributed by atoms with Crippen molar-refractivity contribution in [3.63, 3.8) is 0 Å². The Labute approximate surface area is 237 Å². The molecule has 37 heavy (non-hydrogen) atoms. The molecule has 0 aromatic carbocycles. The lowest BCUT2D eigenvalue weighted by Crippen LogP contribution is -2.19. The van der Waals surface area contributed by atoms with Gasteiger partial charge in [0.15, 0.2) is 11.5 Å². The van der Waals surface area contributed by atoms with Crippen LogP contribution in [0.25, 0.3) is 0 Å². The summed E-state index contributed by atoms with van der Waals surface area (Å²) < 4.78 is 13.0. The lowest BCUT2D eigenvalue weighted by atomic mass is 10.3. The number of nitrogens with zero attached hydrogens (tertiary/aromatic N) is 2. The van der Waals surface area contributed by atoms with Gasteiger partial charge >= 0.3 is 0 Å². The Morgan fingerprint density at radius 1 is 0.757 bits per heavy atom. The zero-order chi connectivity index (χ0) is 26.9. The highest BCUT2D eigenvalue weighted by atomic mass is 35.5. The van der Waals surface area contributed by atoms with Crippen molar-refractivity contribution in [2.75, 3.05) is 13.2 Å². The minimum Gasteiger partial charge on any atom is -0.488 e. The number of rotatable bonds is 12. The topological polar surface area (TPSA) is 101 Å². The summed E-state index contributed by atoms with van der Waals surface area (Å²) in [5.41, 5.74) is 6.29. The Balaban J connectivity index is 1.91. The number of nitrogens with one attached hydrogen (secondary N) is 2. The van der Waals surface area contributed by atoms with E-state index in [1.54, 1.807) is 26.0 Å². The number of ether oxygens (including phenoxy) is 2. The van der Waals surface area contributed by atoms with Gasteiger partial charge in [-0.25, -0.2) is 10.9 Å². The lowest BCUT2D eigenvalue weighted by Gasteiger charge is -2.11. The third kappa shape index (κ3) is 7.78. The number of halogens is 2. The monoisotopic (exact) mass is 600 g/mol. The summed E-state index contributed by atoms with van der Waals surface area (Å²) in [6, 6.07) is 7.17. The molecule has 3 aromatic heterocycles. The number of thiophene rings is 3. The van der Waals surface area contributed by atoms with Crippen molar-refractivity contribution in [2.24, 2.45) is 10.2 Å². The van der Waals surface area contributed by atoms with Crippen molar-refractivity contribution < 1.29 is 19.1 Å². The quantitative estimate of drug-likeness (QED) is 0.171. The summed E-state index contributed by atoms with van der Waals surface area (Å²) in [7, 11) is 0. The summed E-state index contributed by atoms with van der Waals surface area (Å²) in [6.07, 6.45) is 1.41. The predicted molar refractivity (Wildman–Crippen MR) is 154 cm³/mol. The average molecular weight is 602 g/mol. The van der Waals surface area contributed by atoms with Crippen molar-refractivity contribution >= 4 is 80.4 Å². The van der Waals surface area contributed by atoms with Crippen LogP contribution in [0.4, 0.5) is 0 Å². The minimum absolute atomic E-state index is 0.177. The fourth-order valence-electron chi connectivity index (χ4n) is 2.87. The smallest absolute Gasteiger partial charge is 0.285 e. The maximum Gasteiger partial charge on any atom is 0.285 e. The van der Waals surface area contributed by atoms with E-state index in [1.807, 2.05) is 26.0 Å². The molecule has 13 heteroatoms. The second kappa shape index (κ2) is 13.9. The molecule has 0 radical (unpaired) electrons. The van der Waals surface area contributed by atoms with Gasteiger partial charge < -0.3 is 9.47 Å². The minimum atomic E-state index is -0.522. The molecule has 0 unspecified atom stereocenters. The number of carbonyl (C=O) groups is 2. The normalized spacial score (nSPS) is 11.9. The number of amides is 2. The maximum atomic E-state index is 13.1. The summed E-state index contributed by atoms with van der Waals surface area (Å²) in [4.78, 5) is 28.3. The van der Waals surface area contributed by atoms with Crippen LogP contribution in [0.5, 0.6) is 11.5 Å². The Morgan fingerprint density at radius 3 is 1.49 bits per heavy atom. The Morgan fingerprint density at radius 2 is 1.16 bits per heavy atom. The lowest BCUT2D eigenvalue weighted by molar-refractivity contribution is 0.0945. The van der Waals surface area contributed by atoms with Gasteiger partial charge in [0.25, 0.3) is 11.8 Å². The summed E-state index contributed by atoms with van der Waals surface area (Å²) in [6.45, 7) is 8.10. The second-order valence-corrected chi connectivity index (χ2v) is 12.1. The van der Waals surface area contributed by atoms with Gasteiger partial charge in [0.2, 0.25) is 0 Å². The van der Waals surface area contributed by atoms with Crippen molar-refractivity contribution in [1.29, 1.82) is 0 Å². The van der Waals surface area contributed by atoms with Crippen LogP contribution in [0.1, 0.15) is 69.6 Å². The van der Waals surface area contributed by atoms with Crippen molar-refractivity contribution in [1.82, 2.24) is 10.9 Å². The SMILES string of the molecule is CCCOc1c(C(=O)N/N=C(/C)c2ccc(Cl)s2)sc(C(=O)N/N=C(/C)c2ccc(Cl)s2)c1OCCC. The molecule has 2 amide bonds. The Hall–Kier alpha value is -2.44. The van der Waals surface area contributed by atoms with Gasteiger partial charge in [0, 0.05) is 0 Å². The zero-order valence-corrected chi connectivity index (χ0v) is 24.6. The zero-order valence-electron chi connectivity index (χ0n) is 20.6. The molecule has 3 heterocycles. The summed E-state index contributed by atoms with van der Waals surface area (Å²) >= 11 is 15.7. The molecule has 0 atom stereocenters. The van der Waals surface area contributed by atoms with E-state index in [0.717, 1.165) is 21.1 Å². The van der Waals surface area contributed by atoms with Crippen LogP contribution in [0.2, 0.25) is 8.67 Å². The van der Waals surface area contributed by atoms with Gasteiger partial charge in [-0.05, 0) is 51.0 Å². The van der Waals surface area contributed by atoms with E-state index < -0.39 is 11.8 Å². The van der Waals surface area contributed by atoms with Crippen LogP contribution in [-0.2, 0) is 0 Å². The van der Waals surface area contributed by atoms with E-state index in [1.165, 1.54) is 22.7 Å². The van der Waals surface area contributed by atoms with Crippen molar-refractivity contribution in [2.45, 2.75) is 40.5 Å². The maximum absolute atomic E-state index is 13.1. The average Bonchev–Trinajstić information content (AvgIpc) is 3.61.